The number of rotatable bonds is 7. The first-order valence-corrected chi connectivity index (χ1v) is 8.82. The predicted molar refractivity (Wildman–Crippen MR) is 103 cm³/mol. The fourth-order valence-corrected chi connectivity index (χ4v) is 2.63. The second-order valence-corrected chi connectivity index (χ2v) is 6.27. The lowest BCUT2D eigenvalue weighted by Crippen LogP contribution is -2.31. The van der Waals surface area contributed by atoms with Crippen molar-refractivity contribution in [2.45, 2.75) is 39.8 Å². The minimum Gasteiger partial charge on any atom is -0.464 e. The van der Waals surface area contributed by atoms with Crippen LogP contribution in [0.2, 0.25) is 0 Å². The van der Waals surface area contributed by atoms with Crippen LogP contribution in [0.5, 0.6) is 0 Å². The summed E-state index contributed by atoms with van der Waals surface area (Å²) in [4.78, 5) is 24.7. The Morgan fingerprint density at radius 2 is 1.77 bits per heavy atom. The molecule has 138 valence electrons. The summed E-state index contributed by atoms with van der Waals surface area (Å²) < 4.78 is 5.02. The normalized spacial score (nSPS) is 12.8. The molecule has 0 spiro atoms. The fourth-order valence-electron chi connectivity index (χ4n) is 2.63. The third-order valence-electron chi connectivity index (χ3n) is 4.08. The molecule has 0 bridgehead atoms. The SMILES string of the molecule is CCOC(=O)[C@H](C)Nc1ccc(C)cc1C(=O)N[C@H](C)c1ccccc1. The van der Waals surface area contributed by atoms with Gasteiger partial charge in [-0.3, -0.25) is 4.79 Å². The zero-order valence-electron chi connectivity index (χ0n) is 15.7. The van der Waals surface area contributed by atoms with Crippen molar-refractivity contribution in [2.75, 3.05) is 11.9 Å². The zero-order chi connectivity index (χ0) is 19.1. The lowest BCUT2D eigenvalue weighted by molar-refractivity contribution is -0.143. The van der Waals surface area contributed by atoms with Crippen LogP contribution in [0.1, 0.15) is 48.3 Å². The zero-order valence-corrected chi connectivity index (χ0v) is 15.7. The van der Waals surface area contributed by atoms with Gasteiger partial charge in [0.2, 0.25) is 0 Å². The topological polar surface area (TPSA) is 67.4 Å². The van der Waals surface area contributed by atoms with Gasteiger partial charge in [-0.25, -0.2) is 4.79 Å². The molecule has 0 heterocycles. The van der Waals surface area contributed by atoms with E-state index in [0.29, 0.717) is 17.9 Å². The Morgan fingerprint density at radius 3 is 2.42 bits per heavy atom. The summed E-state index contributed by atoms with van der Waals surface area (Å²) in [5.41, 5.74) is 3.11. The second kappa shape index (κ2) is 9.04. The van der Waals surface area contributed by atoms with Crippen molar-refractivity contribution in [3.05, 3.63) is 65.2 Å². The van der Waals surface area contributed by atoms with Crippen LogP contribution in [0.25, 0.3) is 0 Å². The van der Waals surface area contributed by atoms with Gasteiger partial charge >= 0.3 is 5.97 Å². The van der Waals surface area contributed by atoms with E-state index in [-0.39, 0.29) is 17.9 Å². The smallest absolute Gasteiger partial charge is 0.328 e. The summed E-state index contributed by atoms with van der Waals surface area (Å²) in [6.45, 7) is 7.67. The third-order valence-corrected chi connectivity index (χ3v) is 4.08. The molecule has 1 amide bonds. The van der Waals surface area contributed by atoms with Gasteiger partial charge in [-0.15, -0.1) is 0 Å². The molecular weight excluding hydrogens is 328 g/mol. The molecule has 0 aliphatic rings. The summed E-state index contributed by atoms with van der Waals surface area (Å²) in [6.07, 6.45) is 0. The number of benzene rings is 2. The van der Waals surface area contributed by atoms with E-state index >= 15 is 0 Å². The molecule has 0 saturated carbocycles. The minimum atomic E-state index is -0.546. The average molecular weight is 354 g/mol. The average Bonchev–Trinajstić information content (AvgIpc) is 2.63. The van der Waals surface area contributed by atoms with Gasteiger partial charge in [-0.1, -0.05) is 42.0 Å². The maximum Gasteiger partial charge on any atom is 0.328 e. The summed E-state index contributed by atoms with van der Waals surface area (Å²) >= 11 is 0. The molecule has 0 fully saturated rings. The van der Waals surface area contributed by atoms with Gasteiger partial charge in [0, 0.05) is 5.69 Å². The van der Waals surface area contributed by atoms with Gasteiger partial charge in [0.25, 0.3) is 5.91 Å². The molecule has 26 heavy (non-hydrogen) atoms. The van der Waals surface area contributed by atoms with Crippen molar-refractivity contribution in [2.24, 2.45) is 0 Å². The lowest BCUT2D eigenvalue weighted by atomic mass is 10.1. The van der Waals surface area contributed by atoms with E-state index in [1.807, 2.05) is 62.4 Å². The van der Waals surface area contributed by atoms with Crippen LogP contribution in [0.3, 0.4) is 0 Å². The van der Waals surface area contributed by atoms with Crippen LogP contribution in [-0.2, 0) is 9.53 Å². The van der Waals surface area contributed by atoms with Crippen molar-refractivity contribution < 1.29 is 14.3 Å². The van der Waals surface area contributed by atoms with E-state index in [4.69, 9.17) is 4.74 Å². The summed E-state index contributed by atoms with van der Waals surface area (Å²) in [5.74, 6) is -0.541. The molecule has 0 aliphatic heterocycles. The van der Waals surface area contributed by atoms with Crippen molar-refractivity contribution in [1.82, 2.24) is 5.32 Å². The van der Waals surface area contributed by atoms with E-state index in [0.717, 1.165) is 11.1 Å². The number of ether oxygens (including phenoxy) is 1. The first kappa shape index (κ1) is 19.5. The third kappa shape index (κ3) is 5.09. The molecule has 0 radical (unpaired) electrons. The number of esters is 1. The number of aryl methyl sites for hydroxylation is 1. The Bertz CT molecular complexity index is 759. The maximum absolute atomic E-state index is 12.8. The first-order valence-electron chi connectivity index (χ1n) is 8.82. The molecule has 5 heteroatoms. The Morgan fingerprint density at radius 1 is 1.08 bits per heavy atom. The Balaban J connectivity index is 2.18. The van der Waals surface area contributed by atoms with Crippen LogP contribution in [0.4, 0.5) is 5.69 Å². The highest BCUT2D eigenvalue weighted by Crippen LogP contribution is 2.20. The monoisotopic (exact) mass is 354 g/mol. The van der Waals surface area contributed by atoms with Gasteiger partial charge < -0.3 is 15.4 Å². The Kier molecular flexibility index (Phi) is 6.78. The summed E-state index contributed by atoms with van der Waals surface area (Å²) in [6, 6.07) is 14.6. The van der Waals surface area contributed by atoms with Gasteiger partial charge in [-0.2, -0.15) is 0 Å². The van der Waals surface area contributed by atoms with Crippen molar-refractivity contribution in [1.29, 1.82) is 0 Å². The van der Waals surface area contributed by atoms with Crippen LogP contribution in [-0.4, -0.2) is 24.5 Å². The highest BCUT2D eigenvalue weighted by molar-refractivity contribution is 6.00. The minimum absolute atomic E-state index is 0.125. The van der Waals surface area contributed by atoms with Gasteiger partial charge in [-0.05, 0) is 45.4 Å². The van der Waals surface area contributed by atoms with Crippen molar-refractivity contribution in [3.8, 4) is 0 Å². The van der Waals surface area contributed by atoms with Crippen LogP contribution in [0, 0.1) is 6.92 Å². The van der Waals surface area contributed by atoms with E-state index in [9.17, 15) is 9.59 Å². The molecule has 0 aromatic heterocycles. The standard InChI is InChI=1S/C21H26N2O3/c1-5-26-21(25)16(4)22-19-12-11-14(2)13-18(19)20(24)23-15(3)17-9-7-6-8-10-17/h6-13,15-16,22H,5H2,1-4H3,(H,23,24)/t15-,16+/m1/s1. The number of anilines is 1. The second-order valence-electron chi connectivity index (χ2n) is 6.27. The number of carbonyl (C=O) groups excluding carboxylic acids is 2. The van der Waals surface area contributed by atoms with Gasteiger partial charge in [0.1, 0.15) is 6.04 Å². The predicted octanol–water partition coefficient (Wildman–Crippen LogP) is 3.85. The summed E-state index contributed by atoms with van der Waals surface area (Å²) in [5, 5.41) is 6.09. The number of hydrogen-bond donors (Lipinski definition) is 2. The van der Waals surface area contributed by atoms with E-state index in [1.165, 1.54) is 0 Å². The largest absolute Gasteiger partial charge is 0.464 e. The molecule has 5 nitrogen and oxygen atoms in total. The molecule has 2 atom stereocenters. The number of nitrogens with one attached hydrogen (secondary N) is 2. The molecular formula is C21H26N2O3. The number of carbonyl (C=O) groups is 2. The van der Waals surface area contributed by atoms with Crippen molar-refractivity contribution >= 4 is 17.6 Å². The quantitative estimate of drug-likeness (QED) is 0.741. The molecule has 2 aromatic rings. The van der Waals surface area contributed by atoms with Crippen LogP contribution >= 0.6 is 0 Å². The number of hydrogen-bond acceptors (Lipinski definition) is 4. The molecule has 0 saturated heterocycles. The van der Waals surface area contributed by atoms with Gasteiger partial charge in [0.05, 0.1) is 18.2 Å². The lowest BCUT2D eigenvalue weighted by Gasteiger charge is -2.19. The highest BCUT2D eigenvalue weighted by Gasteiger charge is 2.19. The highest BCUT2D eigenvalue weighted by atomic mass is 16.5. The first-order chi connectivity index (χ1) is 12.4. The van der Waals surface area contributed by atoms with Crippen LogP contribution < -0.4 is 10.6 Å². The molecule has 2 N–H and O–H groups in total. The van der Waals surface area contributed by atoms with Crippen molar-refractivity contribution in [3.63, 3.8) is 0 Å². The maximum atomic E-state index is 12.8. The molecule has 0 unspecified atom stereocenters. The Labute approximate surface area is 154 Å². The molecule has 2 rings (SSSR count). The van der Waals surface area contributed by atoms with E-state index in [1.54, 1.807) is 13.8 Å². The van der Waals surface area contributed by atoms with E-state index in [2.05, 4.69) is 10.6 Å². The molecule has 0 aliphatic carbocycles. The summed E-state index contributed by atoms with van der Waals surface area (Å²) in [7, 11) is 0. The van der Waals surface area contributed by atoms with Crippen LogP contribution in [0.15, 0.2) is 48.5 Å². The Hall–Kier alpha value is -2.82. The fraction of sp³-hybridized carbons (Fsp3) is 0.333. The van der Waals surface area contributed by atoms with E-state index < -0.39 is 6.04 Å². The number of amides is 1. The van der Waals surface area contributed by atoms with Gasteiger partial charge in [0.15, 0.2) is 0 Å². The molecule has 2 aromatic carbocycles.